The maximum atomic E-state index is 13.2. The monoisotopic (exact) mass is 472 g/mol. The van der Waals surface area contributed by atoms with Crippen LogP contribution in [-0.2, 0) is 20.7 Å². The first-order chi connectivity index (χ1) is 14.4. The van der Waals surface area contributed by atoms with Crippen molar-refractivity contribution in [3.63, 3.8) is 0 Å². The molecule has 2 aromatic rings. The predicted molar refractivity (Wildman–Crippen MR) is 119 cm³/mol. The van der Waals surface area contributed by atoms with Crippen LogP contribution in [0.15, 0.2) is 46.9 Å². The van der Waals surface area contributed by atoms with Crippen molar-refractivity contribution in [2.45, 2.75) is 57.2 Å². The Kier molecular flexibility index (Phi) is 5.82. The highest BCUT2D eigenvalue weighted by Gasteiger charge is 2.62. The van der Waals surface area contributed by atoms with Crippen LogP contribution in [0, 0.1) is 11.8 Å². The molecule has 0 aromatic heterocycles. The quantitative estimate of drug-likeness (QED) is 0.555. The highest BCUT2D eigenvalue weighted by molar-refractivity contribution is 9.10. The van der Waals surface area contributed by atoms with E-state index in [4.69, 9.17) is 4.74 Å². The van der Waals surface area contributed by atoms with Gasteiger partial charge in [-0.3, -0.25) is 4.79 Å². The SMILES string of the molecule is CCCCC(CC)COC(=O)C1CC2(O)c3ccccc3C1(O)c1ccc(Br)cc12. The van der Waals surface area contributed by atoms with E-state index in [0.29, 0.717) is 34.8 Å². The minimum absolute atomic E-state index is 0.106. The van der Waals surface area contributed by atoms with Gasteiger partial charge in [-0.2, -0.15) is 0 Å². The molecule has 4 atom stereocenters. The first-order valence-electron chi connectivity index (χ1n) is 10.9. The second-order valence-corrected chi connectivity index (χ2v) is 9.58. The molecule has 0 heterocycles. The lowest BCUT2D eigenvalue weighted by molar-refractivity contribution is -0.168. The Balaban J connectivity index is 1.71. The second kappa shape index (κ2) is 8.10. The average Bonchev–Trinajstić information content (AvgIpc) is 2.75. The van der Waals surface area contributed by atoms with Gasteiger partial charge in [0.1, 0.15) is 11.2 Å². The number of hydrogen-bond acceptors (Lipinski definition) is 4. The van der Waals surface area contributed by atoms with Crippen LogP contribution in [0.3, 0.4) is 0 Å². The number of halogens is 1. The van der Waals surface area contributed by atoms with Gasteiger partial charge in [-0.1, -0.05) is 79.4 Å². The van der Waals surface area contributed by atoms with Gasteiger partial charge in [0.2, 0.25) is 0 Å². The van der Waals surface area contributed by atoms with E-state index in [0.717, 1.165) is 30.2 Å². The zero-order valence-electron chi connectivity index (χ0n) is 17.5. The topological polar surface area (TPSA) is 66.8 Å². The van der Waals surface area contributed by atoms with Crippen LogP contribution in [-0.4, -0.2) is 22.8 Å². The van der Waals surface area contributed by atoms with Crippen LogP contribution in [0.1, 0.15) is 68.2 Å². The van der Waals surface area contributed by atoms with E-state index >= 15 is 0 Å². The molecular formula is C25H29BrO4. The van der Waals surface area contributed by atoms with E-state index in [2.05, 4.69) is 29.8 Å². The molecule has 160 valence electrons. The van der Waals surface area contributed by atoms with Gasteiger partial charge >= 0.3 is 5.97 Å². The first kappa shape index (κ1) is 21.5. The first-order valence-corrected chi connectivity index (χ1v) is 11.7. The minimum Gasteiger partial charge on any atom is -0.465 e. The van der Waals surface area contributed by atoms with E-state index < -0.39 is 23.1 Å². The maximum Gasteiger partial charge on any atom is 0.312 e. The summed E-state index contributed by atoms with van der Waals surface area (Å²) in [7, 11) is 0. The Morgan fingerprint density at radius 2 is 1.83 bits per heavy atom. The Morgan fingerprint density at radius 1 is 1.13 bits per heavy atom. The van der Waals surface area contributed by atoms with Crippen molar-refractivity contribution in [2.24, 2.45) is 11.8 Å². The van der Waals surface area contributed by atoms with Crippen LogP contribution in [0.25, 0.3) is 0 Å². The lowest BCUT2D eigenvalue weighted by Crippen LogP contribution is -2.57. The van der Waals surface area contributed by atoms with E-state index in [9.17, 15) is 15.0 Å². The Morgan fingerprint density at radius 3 is 2.53 bits per heavy atom. The maximum absolute atomic E-state index is 13.2. The summed E-state index contributed by atoms with van der Waals surface area (Å²) in [6.45, 7) is 4.62. The normalized spacial score (nSPS) is 27.3. The van der Waals surface area contributed by atoms with Gasteiger partial charge in [0.05, 0.1) is 12.5 Å². The van der Waals surface area contributed by atoms with Gasteiger partial charge in [-0.15, -0.1) is 0 Å². The van der Waals surface area contributed by atoms with Gasteiger partial charge in [0, 0.05) is 10.9 Å². The summed E-state index contributed by atoms with van der Waals surface area (Å²) in [5, 5.41) is 23.8. The van der Waals surface area contributed by atoms with Crippen LogP contribution in [0.5, 0.6) is 0 Å². The fraction of sp³-hybridized carbons (Fsp3) is 0.480. The highest BCUT2D eigenvalue weighted by Crippen LogP contribution is 2.60. The number of fused-ring (bicyclic) bond motifs is 1. The van der Waals surface area contributed by atoms with E-state index in [1.165, 1.54) is 0 Å². The van der Waals surface area contributed by atoms with Crippen molar-refractivity contribution in [1.82, 2.24) is 0 Å². The van der Waals surface area contributed by atoms with Gasteiger partial charge < -0.3 is 14.9 Å². The number of carbonyl (C=O) groups is 1. The molecule has 3 aliphatic carbocycles. The van der Waals surface area contributed by atoms with Gasteiger partial charge in [-0.25, -0.2) is 0 Å². The number of unbranched alkanes of at least 4 members (excludes halogenated alkanes) is 1. The fourth-order valence-corrected chi connectivity index (χ4v) is 5.51. The Labute approximate surface area is 186 Å². The molecule has 2 aromatic carbocycles. The molecule has 0 fully saturated rings. The van der Waals surface area contributed by atoms with Crippen molar-refractivity contribution in [3.8, 4) is 0 Å². The third-order valence-electron chi connectivity index (χ3n) is 6.91. The largest absolute Gasteiger partial charge is 0.465 e. The zero-order valence-corrected chi connectivity index (χ0v) is 19.1. The van der Waals surface area contributed by atoms with Gasteiger partial charge in [0.25, 0.3) is 0 Å². The number of ether oxygens (including phenoxy) is 1. The van der Waals surface area contributed by atoms with Gasteiger partial charge in [-0.05, 0) is 46.7 Å². The second-order valence-electron chi connectivity index (χ2n) is 8.67. The highest BCUT2D eigenvalue weighted by atomic mass is 79.9. The van der Waals surface area contributed by atoms with Crippen molar-refractivity contribution < 1.29 is 19.7 Å². The van der Waals surface area contributed by atoms with Crippen LogP contribution in [0.2, 0.25) is 0 Å². The number of esters is 1. The Bertz CT molecular complexity index is 958. The predicted octanol–water partition coefficient (Wildman–Crippen LogP) is 5.01. The van der Waals surface area contributed by atoms with Crippen LogP contribution in [0.4, 0.5) is 0 Å². The summed E-state index contributed by atoms with van der Waals surface area (Å²) in [5.41, 5.74) is -0.366. The number of hydrogen-bond donors (Lipinski definition) is 2. The summed E-state index contributed by atoms with van der Waals surface area (Å²) in [4.78, 5) is 13.2. The summed E-state index contributed by atoms with van der Waals surface area (Å²) in [6, 6.07) is 12.8. The van der Waals surface area contributed by atoms with E-state index in [1.807, 2.05) is 30.3 Å². The number of benzene rings is 2. The molecule has 4 unspecified atom stereocenters. The molecular weight excluding hydrogens is 444 g/mol. The fourth-order valence-electron chi connectivity index (χ4n) is 5.15. The molecule has 0 radical (unpaired) electrons. The molecule has 0 spiro atoms. The standard InChI is InChI=1S/C25H29BrO4/c1-3-5-8-16(4-2)15-30-23(27)22-14-24(28)18-9-6-7-10-19(18)25(22,29)20-12-11-17(26)13-21(20)24/h6-7,9-13,16,22,28-29H,3-5,8,14-15H2,1-2H3. The number of carbonyl (C=O) groups excluding carboxylic acids is 1. The molecule has 5 heteroatoms. The Hall–Kier alpha value is -1.69. The number of aliphatic hydroxyl groups is 2. The van der Waals surface area contributed by atoms with Crippen LogP contribution >= 0.6 is 15.9 Å². The van der Waals surface area contributed by atoms with Gasteiger partial charge in [0.15, 0.2) is 0 Å². The smallest absolute Gasteiger partial charge is 0.312 e. The third kappa shape index (κ3) is 3.22. The van der Waals surface area contributed by atoms with Crippen LogP contribution < -0.4 is 0 Å². The lowest BCUT2D eigenvalue weighted by atomic mass is 9.54. The molecule has 4 nitrogen and oxygen atoms in total. The molecule has 30 heavy (non-hydrogen) atoms. The van der Waals surface area contributed by atoms with E-state index in [-0.39, 0.29) is 6.42 Å². The molecule has 0 saturated heterocycles. The molecule has 2 bridgehead atoms. The molecule has 2 N–H and O–H groups in total. The van der Waals surface area contributed by atoms with E-state index in [1.54, 1.807) is 12.1 Å². The molecule has 3 aliphatic rings. The third-order valence-corrected chi connectivity index (χ3v) is 7.41. The lowest BCUT2D eigenvalue weighted by Gasteiger charge is -2.53. The molecule has 0 aliphatic heterocycles. The summed E-state index contributed by atoms with van der Waals surface area (Å²) in [5.74, 6) is -0.966. The average molecular weight is 473 g/mol. The number of rotatable bonds is 7. The molecule has 0 saturated carbocycles. The van der Waals surface area contributed by atoms with Crippen molar-refractivity contribution in [1.29, 1.82) is 0 Å². The van der Waals surface area contributed by atoms with Crippen molar-refractivity contribution >= 4 is 21.9 Å². The summed E-state index contributed by atoms with van der Waals surface area (Å²) in [6.07, 6.45) is 4.31. The van der Waals surface area contributed by atoms with Crippen molar-refractivity contribution in [3.05, 3.63) is 69.2 Å². The molecule has 5 rings (SSSR count). The summed E-state index contributed by atoms with van der Waals surface area (Å²) >= 11 is 3.47. The zero-order chi connectivity index (χ0) is 21.5. The molecule has 0 amide bonds. The minimum atomic E-state index is -1.51. The van der Waals surface area contributed by atoms with Crippen molar-refractivity contribution in [2.75, 3.05) is 6.61 Å². The summed E-state index contributed by atoms with van der Waals surface area (Å²) < 4.78 is 6.55.